The molecule has 29 heavy (non-hydrogen) atoms. The minimum absolute atomic E-state index is 0.172. The number of carboxylic acids is 1. The van der Waals surface area contributed by atoms with Crippen LogP contribution in [-0.4, -0.2) is 39.0 Å². The topological polar surface area (TPSA) is 124 Å². The number of aromatic amines is 2. The van der Waals surface area contributed by atoms with Crippen LogP contribution in [0.3, 0.4) is 0 Å². The first-order valence-corrected chi connectivity index (χ1v) is 9.41. The first-order chi connectivity index (χ1) is 14.0. The number of hydrogen-bond acceptors (Lipinski definition) is 3. The van der Waals surface area contributed by atoms with Gasteiger partial charge in [0, 0.05) is 40.6 Å². The second kappa shape index (κ2) is 7.81. The van der Waals surface area contributed by atoms with Crippen LogP contribution >= 0.6 is 0 Å². The minimum atomic E-state index is -1.09. The van der Waals surface area contributed by atoms with E-state index in [1.807, 2.05) is 54.7 Å². The average Bonchev–Trinajstić information content (AvgIpc) is 3.32. The van der Waals surface area contributed by atoms with Gasteiger partial charge in [-0.25, -0.2) is 4.79 Å². The highest BCUT2D eigenvalue weighted by atomic mass is 16.4. The smallest absolute Gasteiger partial charge is 0.326 e. The number of para-hydroxylation sites is 2. The van der Waals surface area contributed by atoms with Crippen molar-refractivity contribution in [3.63, 3.8) is 0 Å². The summed E-state index contributed by atoms with van der Waals surface area (Å²) in [7, 11) is 0. The molecule has 7 nitrogen and oxygen atoms in total. The van der Waals surface area contributed by atoms with Crippen molar-refractivity contribution < 1.29 is 14.7 Å². The van der Waals surface area contributed by atoms with Gasteiger partial charge >= 0.3 is 5.97 Å². The van der Waals surface area contributed by atoms with Crippen molar-refractivity contribution in [3.05, 3.63) is 72.1 Å². The second-order valence-electron chi connectivity index (χ2n) is 7.13. The molecule has 2 heterocycles. The van der Waals surface area contributed by atoms with Crippen LogP contribution in [0.25, 0.3) is 21.8 Å². The highest BCUT2D eigenvalue weighted by Gasteiger charge is 2.25. The summed E-state index contributed by atoms with van der Waals surface area (Å²) in [5.74, 6) is -1.58. The van der Waals surface area contributed by atoms with E-state index in [0.717, 1.165) is 32.9 Å². The lowest BCUT2D eigenvalue weighted by Crippen LogP contribution is -2.50. The van der Waals surface area contributed by atoms with E-state index in [1.165, 1.54) is 0 Å². The summed E-state index contributed by atoms with van der Waals surface area (Å²) >= 11 is 0. The number of carbonyl (C=O) groups is 2. The Morgan fingerprint density at radius 1 is 0.897 bits per heavy atom. The van der Waals surface area contributed by atoms with Crippen molar-refractivity contribution >= 4 is 33.7 Å². The van der Waals surface area contributed by atoms with Gasteiger partial charge in [0.25, 0.3) is 0 Å². The molecule has 0 fully saturated rings. The van der Waals surface area contributed by atoms with Gasteiger partial charge in [0.05, 0.1) is 6.04 Å². The van der Waals surface area contributed by atoms with Gasteiger partial charge in [-0.3, -0.25) is 4.79 Å². The Balaban J connectivity index is 1.46. The van der Waals surface area contributed by atoms with Gasteiger partial charge in [-0.1, -0.05) is 36.4 Å². The molecule has 0 saturated heterocycles. The molecule has 2 aromatic carbocycles. The van der Waals surface area contributed by atoms with Gasteiger partial charge in [0.1, 0.15) is 6.04 Å². The van der Waals surface area contributed by atoms with Gasteiger partial charge in [-0.2, -0.15) is 0 Å². The number of nitrogens with two attached hydrogens (primary N) is 1. The molecule has 4 rings (SSSR count). The van der Waals surface area contributed by atoms with Crippen molar-refractivity contribution in [2.45, 2.75) is 24.9 Å². The van der Waals surface area contributed by atoms with E-state index in [0.29, 0.717) is 6.42 Å². The van der Waals surface area contributed by atoms with Crippen LogP contribution in [0, 0.1) is 0 Å². The van der Waals surface area contributed by atoms with E-state index < -0.39 is 24.0 Å². The molecule has 0 unspecified atom stereocenters. The lowest BCUT2D eigenvalue weighted by Gasteiger charge is -2.17. The zero-order chi connectivity index (χ0) is 20.4. The maximum absolute atomic E-state index is 12.6. The van der Waals surface area contributed by atoms with Gasteiger partial charge in [-0.15, -0.1) is 0 Å². The van der Waals surface area contributed by atoms with Gasteiger partial charge in [-0.05, 0) is 29.7 Å². The number of H-pyrrole nitrogens is 2. The maximum Gasteiger partial charge on any atom is 0.326 e. The average molecular weight is 390 g/mol. The van der Waals surface area contributed by atoms with Crippen molar-refractivity contribution in [2.75, 3.05) is 0 Å². The summed E-state index contributed by atoms with van der Waals surface area (Å²) in [6.07, 6.45) is 4.09. The third-order valence-corrected chi connectivity index (χ3v) is 5.17. The summed E-state index contributed by atoms with van der Waals surface area (Å²) < 4.78 is 0. The first kappa shape index (κ1) is 18.8. The molecule has 7 heteroatoms. The number of fused-ring (bicyclic) bond motifs is 2. The van der Waals surface area contributed by atoms with Crippen LogP contribution in [0.4, 0.5) is 0 Å². The molecule has 0 aliphatic carbocycles. The summed E-state index contributed by atoms with van der Waals surface area (Å²) in [5, 5.41) is 14.1. The molecule has 2 aromatic heterocycles. The molecule has 148 valence electrons. The van der Waals surface area contributed by atoms with E-state index >= 15 is 0 Å². The summed E-state index contributed by atoms with van der Waals surface area (Å²) in [4.78, 5) is 30.6. The van der Waals surface area contributed by atoms with E-state index in [4.69, 9.17) is 5.73 Å². The Hall–Kier alpha value is -3.58. The number of carbonyl (C=O) groups excluding carboxylic acids is 1. The summed E-state index contributed by atoms with van der Waals surface area (Å²) in [5.41, 5.74) is 9.74. The van der Waals surface area contributed by atoms with Crippen LogP contribution in [0.2, 0.25) is 0 Å². The number of rotatable bonds is 7. The van der Waals surface area contributed by atoms with Gasteiger partial charge in [0.15, 0.2) is 0 Å². The normalized spacial score (nSPS) is 13.4. The summed E-state index contributed by atoms with van der Waals surface area (Å²) in [6, 6.07) is 13.5. The first-order valence-electron chi connectivity index (χ1n) is 9.41. The third kappa shape index (κ3) is 3.86. The van der Waals surface area contributed by atoms with E-state index in [-0.39, 0.29) is 6.42 Å². The Labute approximate surface area is 166 Å². The number of hydrogen-bond donors (Lipinski definition) is 5. The molecule has 0 saturated carbocycles. The highest BCUT2D eigenvalue weighted by Crippen LogP contribution is 2.20. The van der Waals surface area contributed by atoms with E-state index in [1.54, 1.807) is 6.20 Å². The quantitative estimate of drug-likeness (QED) is 0.332. The number of carboxylic acid groups (broad SMARTS) is 1. The molecular weight excluding hydrogens is 368 g/mol. The zero-order valence-corrected chi connectivity index (χ0v) is 15.7. The molecule has 0 radical (unpaired) electrons. The second-order valence-corrected chi connectivity index (χ2v) is 7.13. The van der Waals surface area contributed by atoms with E-state index in [9.17, 15) is 14.7 Å². The van der Waals surface area contributed by atoms with Crippen molar-refractivity contribution in [3.8, 4) is 0 Å². The predicted molar refractivity (Wildman–Crippen MR) is 112 cm³/mol. The number of amides is 1. The fourth-order valence-corrected chi connectivity index (χ4v) is 3.63. The Kier molecular flexibility index (Phi) is 5.05. The van der Waals surface area contributed by atoms with Crippen molar-refractivity contribution in [2.24, 2.45) is 5.73 Å². The molecule has 0 bridgehead atoms. The maximum atomic E-state index is 12.6. The number of aromatic nitrogens is 2. The van der Waals surface area contributed by atoms with Crippen LogP contribution < -0.4 is 11.1 Å². The van der Waals surface area contributed by atoms with Crippen molar-refractivity contribution in [1.82, 2.24) is 15.3 Å². The van der Waals surface area contributed by atoms with Crippen LogP contribution in [0.1, 0.15) is 11.1 Å². The fraction of sp³-hybridized carbons (Fsp3) is 0.182. The Morgan fingerprint density at radius 3 is 1.97 bits per heavy atom. The minimum Gasteiger partial charge on any atom is -0.480 e. The summed E-state index contributed by atoms with van der Waals surface area (Å²) in [6.45, 7) is 0. The van der Waals surface area contributed by atoms with Gasteiger partial charge < -0.3 is 26.1 Å². The molecular formula is C22H22N4O3. The van der Waals surface area contributed by atoms with Crippen LogP contribution in [-0.2, 0) is 22.4 Å². The number of benzene rings is 2. The van der Waals surface area contributed by atoms with Gasteiger partial charge in [0.2, 0.25) is 5.91 Å². The Morgan fingerprint density at radius 2 is 1.41 bits per heavy atom. The highest BCUT2D eigenvalue weighted by molar-refractivity contribution is 5.89. The molecule has 1 amide bonds. The lowest BCUT2D eigenvalue weighted by atomic mass is 10.0. The molecule has 0 aliphatic heterocycles. The fourth-order valence-electron chi connectivity index (χ4n) is 3.63. The molecule has 6 N–H and O–H groups in total. The molecule has 0 aliphatic rings. The van der Waals surface area contributed by atoms with Crippen LogP contribution in [0.5, 0.6) is 0 Å². The molecule has 0 spiro atoms. The van der Waals surface area contributed by atoms with Crippen LogP contribution in [0.15, 0.2) is 60.9 Å². The predicted octanol–water partition coefficient (Wildman–Crippen LogP) is 2.33. The number of aliphatic carboxylic acids is 1. The monoisotopic (exact) mass is 390 g/mol. The SMILES string of the molecule is N[C@H](Cc1c[nH]c2ccccc12)C(=O)N[C@H](Cc1c[nH]c2ccccc12)C(=O)O. The van der Waals surface area contributed by atoms with E-state index in [2.05, 4.69) is 15.3 Å². The zero-order valence-electron chi connectivity index (χ0n) is 15.7. The Bertz CT molecular complexity index is 1180. The molecule has 2 atom stereocenters. The standard InChI is InChI=1S/C22H22N4O3/c23-17(9-13-11-24-18-7-3-1-5-15(13)18)21(27)26-20(22(28)29)10-14-12-25-19-8-4-2-6-16(14)19/h1-8,11-12,17,20,24-25H,9-10,23H2,(H,26,27)(H,28,29)/t17-,20-/m1/s1. The molecule has 4 aromatic rings. The number of nitrogens with one attached hydrogen (secondary N) is 3. The third-order valence-electron chi connectivity index (χ3n) is 5.17. The lowest BCUT2D eigenvalue weighted by molar-refractivity contribution is -0.141. The largest absolute Gasteiger partial charge is 0.480 e. The van der Waals surface area contributed by atoms with Crippen molar-refractivity contribution in [1.29, 1.82) is 0 Å².